The molecule has 0 unspecified atom stereocenters. The van der Waals surface area contributed by atoms with E-state index in [2.05, 4.69) is 38.2 Å². The van der Waals surface area contributed by atoms with Crippen molar-refractivity contribution in [2.45, 2.75) is 39.7 Å². The average Bonchev–Trinajstić information content (AvgIpc) is 2.86. The number of nitrogens with zero attached hydrogens (tertiary/aromatic N) is 2. The van der Waals surface area contributed by atoms with Crippen molar-refractivity contribution in [2.24, 2.45) is 11.3 Å². The van der Waals surface area contributed by atoms with Gasteiger partial charge in [-0.2, -0.15) is 5.10 Å². The molecule has 4 rings (SSSR count). The van der Waals surface area contributed by atoms with Crippen molar-refractivity contribution in [1.29, 1.82) is 0 Å². The Morgan fingerprint density at radius 2 is 2.09 bits per heavy atom. The van der Waals surface area contributed by atoms with E-state index in [-0.39, 0.29) is 0 Å². The van der Waals surface area contributed by atoms with Crippen LogP contribution in [0.25, 0.3) is 0 Å². The summed E-state index contributed by atoms with van der Waals surface area (Å²) in [7, 11) is 0. The van der Waals surface area contributed by atoms with Crippen LogP contribution in [0.1, 0.15) is 42.3 Å². The lowest BCUT2D eigenvalue weighted by Crippen LogP contribution is -2.30. The molecular weight excluding hydrogens is 290 g/mol. The van der Waals surface area contributed by atoms with E-state index >= 15 is 0 Å². The van der Waals surface area contributed by atoms with Crippen molar-refractivity contribution in [3.05, 3.63) is 52.8 Å². The van der Waals surface area contributed by atoms with Crippen LogP contribution in [-0.2, 0) is 13.0 Å². The predicted molar refractivity (Wildman–Crippen MR) is 92.0 cm³/mol. The van der Waals surface area contributed by atoms with Crippen LogP contribution in [0.3, 0.4) is 0 Å². The standard InChI is InChI=1S/C18H21N3S/c1-11-15-14(9-13-16(15)18(13,2)3)21(20-11)17(22)19-10-12-7-5-4-6-8-12/h4-8,13,16H,9-10H2,1-3H3,(H,19,22)/t13-,16+/m0/s1. The number of benzene rings is 1. The van der Waals surface area contributed by atoms with Crippen LogP contribution in [0.5, 0.6) is 0 Å². The van der Waals surface area contributed by atoms with Crippen LogP contribution in [0.2, 0.25) is 0 Å². The van der Waals surface area contributed by atoms with Crippen LogP contribution < -0.4 is 5.32 Å². The molecule has 0 saturated heterocycles. The van der Waals surface area contributed by atoms with E-state index < -0.39 is 0 Å². The lowest BCUT2D eigenvalue weighted by Gasteiger charge is -2.13. The summed E-state index contributed by atoms with van der Waals surface area (Å²) in [6.07, 6.45) is 1.11. The van der Waals surface area contributed by atoms with Crippen molar-refractivity contribution in [3.63, 3.8) is 0 Å². The minimum Gasteiger partial charge on any atom is -0.357 e. The third-order valence-electron chi connectivity index (χ3n) is 5.46. The molecule has 1 fully saturated rings. The van der Waals surface area contributed by atoms with Crippen LogP contribution in [0, 0.1) is 18.3 Å². The first kappa shape index (κ1) is 13.9. The van der Waals surface area contributed by atoms with Crippen molar-refractivity contribution in [3.8, 4) is 0 Å². The molecule has 0 spiro atoms. The van der Waals surface area contributed by atoms with Gasteiger partial charge in [-0.25, -0.2) is 4.68 Å². The quantitative estimate of drug-likeness (QED) is 0.862. The van der Waals surface area contributed by atoms with E-state index in [9.17, 15) is 0 Å². The summed E-state index contributed by atoms with van der Waals surface area (Å²) in [5, 5.41) is 8.76. The van der Waals surface area contributed by atoms with Gasteiger partial charge in [0, 0.05) is 12.1 Å². The first-order valence-electron chi connectivity index (χ1n) is 7.90. The maximum atomic E-state index is 5.57. The molecule has 2 aromatic rings. The van der Waals surface area contributed by atoms with Gasteiger partial charge >= 0.3 is 0 Å². The SMILES string of the molecule is Cc1nn(C(=S)NCc2ccccc2)c2c1[C@H]1[C@H](C2)C1(C)C. The largest absolute Gasteiger partial charge is 0.357 e. The van der Waals surface area contributed by atoms with Crippen LogP contribution in [0.15, 0.2) is 30.3 Å². The van der Waals surface area contributed by atoms with Gasteiger partial charge in [-0.3, -0.25) is 0 Å². The summed E-state index contributed by atoms with van der Waals surface area (Å²) in [4.78, 5) is 0. The Kier molecular flexibility index (Phi) is 2.95. The normalized spacial score (nSPS) is 23.8. The number of thiocarbonyl (C=S) groups is 1. The van der Waals surface area contributed by atoms with Gasteiger partial charge in [0.1, 0.15) is 0 Å². The molecule has 0 bridgehead atoms. The third-order valence-corrected chi connectivity index (χ3v) is 5.78. The fraction of sp³-hybridized carbons (Fsp3) is 0.444. The first-order valence-corrected chi connectivity index (χ1v) is 8.31. The fourth-order valence-corrected chi connectivity index (χ4v) is 4.33. The Labute approximate surface area is 136 Å². The molecule has 114 valence electrons. The van der Waals surface area contributed by atoms with E-state index in [1.807, 2.05) is 22.9 Å². The van der Waals surface area contributed by atoms with Gasteiger partial charge in [-0.15, -0.1) is 0 Å². The summed E-state index contributed by atoms with van der Waals surface area (Å²) in [5.74, 6) is 1.47. The van der Waals surface area contributed by atoms with Crippen molar-refractivity contribution in [1.82, 2.24) is 15.1 Å². The molecule has 2 atom stereocenters. The van der Waals surface area contributed by atoms with Gasteiger partial charge in [0.2, 0.25) is 0 Å². The van der Waals surface area contributed by atoms with E-state index in [0.717, 1.165) is 24.6 Å². The Morgan fingerprint density at radius 3 is 2.82 bits per heavy atom. The molecule has 0 radical (unpaired) electrons. The van der Waals surface area contributed by atoms with Gasteiger partial charge in [0.15, 0.2) is 5.11 Å². The minimum atomic E-state index is 0.449. The number of aromatic nitrogens is 2. The van der Waals surface area contributed by atoms with Gasteiger partial charge < -0.3 is 5.32 Å². The summed E-state index contributed by atoms with van der Waals surface area (Å²) < 4.78 is 1.96. The second kappa shape index (κ2) is 4.66. The van der Waals surface area contributed by atoms with Crippen LogP contribution in [-0.4, -0.2) is 14.9 Å². The summed E-state index contributed by atoms with van der Waals surface area (Å²) in [5.41, 5.74) is 5.62. The zero-order chi connectivity index (χ0) is 15.5. The molecule has 1 saturated carbocycles. The summed E-state index contributed by atoms with van der Waals surface area (Å²) >= 11 is 5.57. The molecule has 1 heterocycles. The second-order valence-electron chi connectivity index (χ2n) is 7.11. The Bertz CT molecular complexity index is 745. The van der Waals surface area contributed by atoms with Gasteiger partial charge in [0.25, 0.3) is 0 Å². The Balaban J connectivity index is 1.54. The smallest absolute Gasteiger partial charge is 0.194 e. The highest BCUT2D eigenvalue weighted by Gasteiger charge is 2.63. The summed E-state index contributed by atoms with van der Waals surface area (Å²) in [6, 6.07) is 10.3. The van der Waals surface area contributed by atoms with Crippen LogP contribution in [0.4, 0.5) is 0 Å². The molecule has 2 aliphatic carbocycles. The van der Waals surface area contributed by atoms with E-state index in [1.165, 1.54) is 16.8 Å². The third kappa shape index (κ3) is 1.93. The molecule has 2 aliphatic rings. The fourth-order valence-electron chi connectivity index (χ4n) is 4.11. The molecule has 1 aromatic heterocycles. The van der Waals surface area contributed by atoms with E-state index in [4.69, 9.17) is 17.3 Å². The second-order valence-corrected chi connectivity index (χ2v) is 7.50. The summed E-state index contributed by atoms with van der Waals surface area (Å²) in [6.45, 7) is 7.60. The average molecular weight is 311 g/mol. The highest BCUT2D eigenvalue weighted by Crippen LogP contribution is 2.70. The zero-order valence-corrected chi connectivity index (χ0v) is 14.1. The number of hydrogen-bond donors (Lipinski definition) is 1. The molecule has 0 amide bonds. The lowest BCUT2D eigenvalue weighted by atomic mass is 9.98. The zero-order valence-electron chi connectivity index (χ0n) is 13.3. The van der Waals surface area contributed by atoms with Crippen molar-refractivity contribution < 1.29 is 0 Å². The molecular formula is C18H21N3S. The molecule has 0 aliphatic heterocycles. The molecule has 3 nitrogen and oxygen atoms in total. The highest BCUT2D eigenvalue weighted by molar-refractivity contribution is 7.80. The number of hydrogen-bond acceptors (Lipinski definition) is 2. The van der Waals surface area contributed by atoms with Gasteiger partial charge in [-0.1, -0.05) is 44.2 Å². The number of aryl methyl sites for hydroxylation is 1. The van der Waals surface area contributed by atoms with Gasteiger partial charge in [0.05, 0.1) is 11.4 Å². The number of rotatable bonds is 2. The predicted octanol–water partition coefficient (Wildman–Crippen LogP) is 3.41. The Hall–Kier alpha value is -1.68. The van der Waals surface area contributed by atoms with E-state index in [0.29, 0.717) is 16.4 Å². The van der Waals surface area contributed by atoms with Gasteiger partial charge in [-0.05, 0) is 48.4 Å². The number of nitrogens with one attached hydrogen (secondary N) is 1. The molecule has 1 N–H and O–H groups in total. The topological polar surface area (TPSA) is 29.9 Å². The van der Waals surface area contributed by atoms with E-state index in [1.54, 1.807) is 0 Å². The monoisotopic (exact) mass is 311 g/mol. The van der Waals surface area contributed by atoms with Crippen molar-refractivity contribution in [2.75, 3.05) is 0 Å². The molecule has 4 heteroatoms. The van der Waals surface area contributed by atoms with Crippen molar-refractivity contribution >= 4 is 17.3 Å². The maximum Gasteiger partial charge on any atom is 0.194 e. The number of fused-ring (bicyclic) bond motifs is 3. The molecule has 22 heavy (non-hydrogen) atoms. The minimum absolute atomic E-state index is 0.449. The first-order chi connectivity index (χ1) is 10.5. The van der Waals surface area contributed by atoms with Crippen LogP contribution >= 0.6 is 12.2 Å². The Morgan fingerprint density at radius 1 is 1.36 bits per heavy atom. The highest BCUT2D eigenvalue weighted by atomic mass is 32.1. The molecule has 1 aromatic carbocycles. The lowest BCUT2D eigenvalue weighted by molar-refractivity contribution is 0.533. The maximum absolute atomic E-state index is 5.57.